The Morgan fingerprint density at radius 3 is 2.69 bits per heavy atom. The summed E-state index contributed by atoms with van der Waals surface area (Å²) in [5, 5.41) is 1.78. The minimum atomic E-state index is -2.95. The molecule has 0 aromatic carbocycles. The van der Waals surface area contributed by atoms with Crippen molar-refractivity contribution in [3.05, 3.63) is 20.8 Å². The highest BCUT2D eigenvalue weighted by atomic mass is 79.9. The largest absolute Gasteiger partial charge is 0.294 e. The monoisotopic (exact) mass is 324 g/mol. The molecule has 1 aromatic rings. The lowest BCUT2D eigenvalue weighted by molar-refractivity contribution is 0.0982. The van der Waals surface area contributed by atoms with Crippen molar-refractivity contribution in [3.63, 3.8) is 0 Å². The smallest absolute Gasteiger partial charge is 0.163 e. The second-order valence-corrected chi connectivity index (χ2v) is 8.17. The molecule has 16 heavy (non-hydrogen) atoms. The summed E-state index contributed by atoms with van der Waals surface area (Å²) in [5.74, 6) is 0.249. The number of carbonyl (C=O) groups is 1. The van der Waals surface area contributed by atoms with E-state index < -0.39 is 9.84 Å². The van der Waals surface area contributed by atoms with Crippen molar-refractivity contribution in [2.24, 2.45) is 0 Å². The molecule has 1 heterocycles. The van der Waals surface area contributed by atoms with Crippen LogP contribution in [0.4, 0.5) is 0 Å². The van der Waals surface area contributed by atoms with E-state index in [2.05, 4.69) is 15.9 Å². The molecule has 0 aliphatic heterocycles. The SMILES string of the molecule is CCS(=O)(=O)CCCC(=O)c1csc(Br)c1. The van der Waals surface area contributed by atoms with E-state index in [1.807, 2.05) is 0 Å². The van der Waals surface area contributed by atoms with Gasteiger partial charge in [-0.25, -0.2) is 8.42 Å². The first-order chi connectivity index (χ1) is 7.44. The number of halogens is 1. The Labute approximate surface area is 108 Å². The Hall–Kier alpha value is -0.200. The molecule has 0 aliphatic rings. The Balaban J connectivity index is 2.43. The second kappa shape index (κ2) is 5.93. The normalized spacial score (nSPS) is 11.6. The van der Waals surface area contributed by atoms with Gasteiger partial charge in [-0.1, -0.05) is 6.92 Å². The third-order valence-corrected chi connectivity index (χ3v) is 5.48. The van der Waals surface area contributed by atoms with E-state index >= 15 is 0 Å². The number of sulfone groups is 1. The summed E-state index contributed by atoms with van der Waals surface area (Å²) in [6.07, 6.45) is 0.699. The van der Waals surface area contributed by atoms with Gasteiger partial charge in [-0.15, -0.1) is 11.3 Å². The minimum Gasteiger partial charge on any atom is -0.294 e. The van der Waals surface area contributed by atoms with E-state index in [0.717, 1.165) is 3.79 Å². The number of hydrogen-bond acceptors (Lipinski definition) is 4. The molecule has 90 valence electrons. The maximum absolute atomic E-state index is 11.6. The molecule has 0 amide bonds. The van der Waals surface area contributed by atoms with Crippen molar-refractivity contribution >= 4 is 42.9 Å². The number of hydrogen-bond donors (Lipinski definition) is 0. The van der Waals surface area contributed by atoms with Crippen molar-refractivity contribution in [3.8, 4) is 0 Å². The summed E-state index contributed by atoms with van der Waals surface area (Å²) in [7, 11) is -2.95. The first kappa shape index (κ1) is 13.9. The van der Waals surface area contributed by atoms with Gasteiger partial charge in [0.15, 0.2) is 5.78 Å². The summed E-state index contributed by atoms with van der Waals surface area (Å²) in [4.78, 5) is 11.6. The van der Waals surface area contributed by atoms with Crippen LogP contribution in [0.3, 0.4) is 0 Å². The molecule has 0 N–H and O–H groups in total. The molecule has 0 saturated carbocycles. The van der Waals surface area contributed by atoms with Gasteiger partial charge in [-0.3, -0.25) is 4.79 Å². The number of rotatable bonds is 6. The number of Topliss-reactive ketones (excluding diaryl/α,β-unsaturated/α-hetero) is 1. The molecule has 0 radical (unpaired) electrons. The molecule has 0 saturated heterocycles. The Morgan fingerprint density at radius 2 is 2.19 bits per heavy atom. The van der Waals surface area contributed by atoms with Gasteiger partial charge in [-0.2, -0.15) is 0 Å². The molecule has 1 rings (SSSR count). The fourth-order valence-electron chi connectivity index (χ4n) is 1.20. The summed E-state index contributed by atoms with van der Waals surface area (Å²) in [5.41, 5.74) is 0.658. The van der Waals surface area contributed by atoms with E-state index in [-0.39, 0.29) is 17.3 Å². The van der Waals surface area contributed by atoms with E-state index in [9.17, 15) is 13.2 Å². The summed E-state index contributed by atoms with van der Waals surface area (Å²) in [6, 6.07) is 1.77. The second-order valence-electron chi connectivity index (χ2n) is 3.40. The van der Waals surface area contributed by atoms with Crippen LogP contribution in [0.5, 0.6) is 0 Å². The summed E-state index contributed by atoms with van der Waals surface area (Å²) < 4.78 is 23.3. The van der Waals surface area contributed by atoms with E-state index in [1.54, 1.807) is 18.4 Å². The molecule has 0 aliphatic carbocycles. The van der Waals surface area contributed by atoms with Crippen LogP contribution in [0.2, 0.25) is 0 Å². The lowest BCUT2D eigenvalue weighted by Gasteiger charge is -2.00. The lowest BCUT2D eigenvalue weighted by Crippen LogP contribution is -2.10. The van der Waals surface area contributed by atoms with Crippen molar-refractivity contribution in [2.75, 3.05) is 11.5 Å². The van der Waals surface area contributed by atoms with Crippen LogP contribution in [0, 0.1) is 0 Å². The standard InChI is InChI=1S/C10H13BrO3S2/c1-2-16(13,14)5-3-4-9(12)8-6-10(11)15-7-8/h6-7H,2-5H2,1H3. The van der Waals surface area contributed by atoms with Gasteiger partial charge in [-0.05, 0) is 28.4 Å². The Bertz CT molecular complexity index is 462. The first-order valence-electron chi connectivity index (χ1n) is 4.92. The van der Waals surface area contributed by atoms with E-state index in [1.165, 1.54) is 11.3 Å². The fraction of sp³-hybridized carbons (Fsp3) is 0.500. The van der Waals surface area contributed by atoms with Crippen LogP contribution >= 0.6 is 27.3 Å². The topological polar surface area (TPSA) is 51.2 Å². The zero-order valence-corrected chi connectivity index (χ0v) is 12.1. The predicted molar refractivity (Wildman–Crippen MR) is 69.9 cm³/mol. The minimum absolute atomic E-state index is 0.00764. The highest BCUT2D eigenvalue weighted by Gasteiger charge is 2.11. The zero-order chi connectivity index (χ0) is 12.2. The number of thiophene rings is 1. The van der Waals surface area contributed by atoms with E-state index in [0.29, 0.717) is 18.4 Å². The van der Waals surface area contributed by atoms with Gasteiger partial charge >= 0.3 is 0 Å². The molecule has 0 bridgehead atoms. The summed E-state index contributed by atoms with van der Waals surface area (Å²) in [6.45, 7) is 1.62. The van der Waals surface area contributed by atoms with Gasteiger partial charge in [0.1, 0.15) is 9.84 Å². The van der Waals surface area contributed by atoms with Gasteiger partial charge in [0.05, 0.1) is 9.54 Å². The first-order valence-corrected chi connectivity index (χ1v) is 8.41. The highest BCUT2D eigenvalue weighted by Crippen LogP contribution is 2.21. The van der Waals surface area contributed by atoms with Crippen molar-refractivity contribution in [1.82, 2.24) is 0 Å². The van der Waals surface area contributed by atoms with E-state index in [4.69, 9.17) is 0 Å². The molecule has 0 unspecified atom stereocenters. The van der Waals surface area contributed by atoms with Crippen molar-refractivity contribution in [2.45, 2.75) is 19.8 Å². The molecular formula is C10H13BrO3S2. The molecular weight excluding hydrogens is 312 g/mol. The maximum Gasteiger partial charge on any atom is 0.163 e. The highest BCUT2D eigenvalue weighted by molar-refractivity contribution is 9.11. The van der Waals surface area contributed by atoms with Gasteiger partial charge in [0.25, 0.3) is 0 Å². The third-order valence-electron chi connectivity index (χ3n) is 2.19. The maximum atomic E-state index is 11.6. The van der Waals surface area contributed by atoms with Crippen LogP contribution in [0.1, 0.15) is 30.1 Å². The van der Waals surface area contributed by atoms with Crippen molar-refractivity contribution < 1.29 is 13.2 Å². The molecule has 0 spiro atoms. The van der Waals surface area contributed by atoms with Crippen LogP contribution in [-0.4, -0.2) is 25.7 Å². The fourth-order valence-corrected chi connectivity index (χ4v) is 3.23. The zero-order valence-electron chi connectivity index (χ0n) is 8.90. The van der Waals surface area contributed by atoms with Crippen molar-refractivity contribution in [1.29, 1.82) is 0 Å². The van der Waals surface area contributed by atoms with Gasteiger partial charge < -0.3 is 0 Å². The molecule has 1 aromatic heterocycles. The van der Waals surface area contributed by atoms with Gasteiger partial charge in [0, 0.05) is 23.1 Å². The third kappa shape index (κ3) is 4.35. The van der Waals surface area contributed by atoms with Crippen LogP contribution in [0.25, 0.3) is 0 Å². The predicted octanol–water partition coefficient (Wildman–Crippen LogP) is 2.91. The lowest BCUT2D eigenvalue weighted by atomic mass is 10.1. The van der Waals surface area contributed by atoms with Gasteiger partial charge in [0.2, 0.25) is 0 Å². The van der Waals surface area contributed by atoms with Crippen LogP contribution in [-0.2, 0) is 9.84 Å². The Morgan fingerprint density at radius 1 is 1.50 bits per heavy atom. The quantitative estimate of drug-likeness (QED) is 0.756. The Kier molecular flexibility index (Phi) is 5.14. The van der Waals surface area contributed by atoms with Crippen LogP contribution in [0.15, 0.2) is 15.2 Å². The molecule has 0 atom stereocenters. The summed E-state index contributed by atoms with van der Waals surface area (Å²) >= 11 is 4.74. The average molecular weight is 325 g/mol. The average Bonchev–Trinajstić information content (AvgIpc) is 2.64. The molecule has 3 nitrogen and oxygen atoms in total. The molecule has 0 fully saturated rings. The van der Waals surface area contributed by atoms with Crippen LogP contribution < -0.4 is 0 Å². The number of carbonyl (C=O) groups excluding carboxylic acids is 1. The molecule has 6 heteroatoms. The number of ketones is 1.